The van der Waals surface area contributed by atoms with E-state index in [1.165, 1.54) is 0 Å². The van der Waals surface area contributed by atoms with Crippen molar-refractivity contribution in [3.8, 4) is 11.1 Å². The van der Waals surface area contributed by atoms with Crippen LogP contribution in [-0.4, -0.2) is 11.6 Å². The summed E-state index contributed by atoms with van der Waals surface area (Å²) >= 11 is 0. The van der Waals surface area contributed by atoms with Gasteiger partial charge in [-0.1, -0.05) is 54.6 Å². The van der Waals surface area contributed by atoms with E-state index in [-0.39, 0.29) is 5.78 Å². The Morgan fingerprint density at radius 2 is 1.52 bits per heavy atom. The Morgan fingerprint density at radius 3 is 2.29 bits per heavy atom. The van der Waals surface area contributed by atoms with Gasteiger partial charge in [-0.15, -0.1) is 0 Å². The lowest BCUT2D eigenvalue weighted by molar-refractivity contribution is 0.0825. The monoisotopic (exact) mass is 272 g/mol. The van der Waals surface area contributed by atoms with Gasteiger partial charge in [0.2, 0.25) is 11.6 Å². The highest BCUT2D eigenvalue weighted by atomic mass is 16.2. The van der Waals surface area contributed by atoms with Crippen molar-refractivity contribution in [2.75, 3.05) is 0 Å². The highest BCUT2D eigenvalue weighted by Gasteiger charge is 2.33. The lowest BCUT2D eigenvalue weighted by Gasteiger charge is -2.10. The predicted molar refractivity (Wildman–Crippen MR) is 82.8 cm³/mol. The fraction of sp³-hybridized carbons (Fsp3) is 0.0526. The zero-order valence-electron chi connectivity index (χ0n) is 11.5. The average molecular weight is 272 g/mol. The Bertz CT molecular complexity index is 921. The first-order chi connectivity index (χ1) is 10.2. The van der Waals surface area contributed by atoms with Crippen molar-refractivity contribution in [3.05, 3.63) is 71.3 Å². The lowest BCUT2D eigenvalue weighted by atomic mass is 9.92. The second-order valence-corrected chi connectivity index (χ2v) is 5.37. The maximum Gasteiger partial charge on any atom is 0.234 e. The summed E-state index contributed by atoms with van der Waals surface area (Å²) in [7, 11) is 0. The predicted octanol–water partition coefficient (Wildman–Crippen LogP) is 4.19. The van der Waals surface area contributed by atoms with E-state index in [4.69, 9.17) is 0 Å². The topological polar surface area (TPSA) is 34.1 Å². The van der Waals surface area contributed by atoms with Crippen molar-refractivity contribution < 1.29 is 9.59 Å². The maximum atomic E-state index is 12.4. The van der Waals surface area contributed by atoms with Crippen LogP contribution in [0.5, 0.6) is 0 Å². The van der Waals surface area contributed by atoms with Gasteiger partial charge in [-0.2, -0.15) is 0 Å². The van der Waals surface area contributed by atoms with Gasteiger partial charge < -0.3 is 0 Å². The van der Waals surface area contributed by atoms with Crippen LogP contribution in [-0.2, 0) is 0 Å². The van der Waals surface area contributed by atoms with Crippen LogP contribution in [0.2, 0.25) is 0 Å². The number of aryl methyl sites for hydroxylation is 1. The molecule has 0 saturated carbocycles. The summed E-state index contributed by atoms with van der Waals surface area (Å²) in [6, 6.07) is 17.3. The fourth-order valence-corrected chi connectivity index (χ4v) is 3.16. The summed E-state index contributed by atoms with van der Waals surface area (Å²) in [5, 5.41) is 1.80. The molecule has 3 aromatic carbocycles. The van der Waals surface area contributed by atoms with Gasteiger partial charge in [0.05, 0.1) is 0 Å². The molecule has 0 unspecified atom stereocenters. The minimum absolute atomic E-state index is 0.389. The van der Waals surface area contributed by atoms with Crippen LogP contribution in [0, 0.1) is 6.92 Å². The number of rotatable bonds is 1. The van der Waals surface area contributed by atoms with Crippen molar-refractivity contribution in [2.45, 2.75) is 6.92 Å². The number of Topliss-reactive ketones (excluding diaryl/α,β-unsaturated/α-hetero) is 2. The van der Waals surface area contributed by atoms with Gasteiger partial charge >= 0.3 is 0 Å². The fourth-order valence-electron chi connectivity index (χ4n) is 3.16. The van der Waals surface area contributed by atoms with E-state index in [9.17, 15) is 9.59 Å². The molecule has 2 nitrogen and oxygen atoms in total. The molecular formula is C19H12O2. The Kier molecular flexibility index (Phi) is 2.36. The van der Waals surface area contributed by atoms with Crippen molar-refractivity contribution in [1.29, 1.82) is 0 Å². The zero-order valence-corrected chi connectivity index (χ0v) is 11.5. The first kappa shape index (κ1) is 12.0. The number of ketones is 2. The van der Waals surface area contributed by atoms with Crippen molar-refractivity contribution in [1.82, 2.24) is 0 Å². The molecule has 0 aromatic heterocycles. The number of carbonyl (C=O) groups is 2. The van der Waals surface area contributed by atoms with Gasteiger partial charge in [-0.25, -0.2) is 0 Å². The van der Waals surface area contributed by atoms with Crippen LogP contribution in [0.4, 0.5) is 0 Å². The molecule has 100 valence electrons. The molecule has 0 N–H and O–H groups in total. The van der Waals surface area contributed by atoms with E-state index >= 15 is 0 Å². The van der Waals surface area contributed by atoms with Crippen LogP contribution in [0.3, 0.4) is 0 Å². The Balaban J connectivity index is 2.20. The quantitative estimate of drug-likeness (QED) is 0.622. The maximum absolute atomic E-state index is 12.4. The standard InChI is InChI=1S/C19H12O2/c1-11-10-15(12-6-3-2-4-7-12)17-16-13(11)8-5-9-14(16)18(20)19(17)21/h2-10H,1H3. The van der Waals surface area contributed by atoms with Crippen LogP contribution in [0.1, 0.15) is 26.3 Å². The largest absolute Gasteiger partial charge is 0.285 e. The lowest BCUT2D eigenvalue weighted by Crippen LogP contribution is -2.07. The first-order valence-corrected chi connectivity index (χ1v) is 6.89. The minimum atomic E-state index is -0.390. The Morgan fingerprint density at radius 1 is 0.762 bits per heavy atom. The summed E-state index contributed by atoms with van der Waals surface area (Å²) in [4.78, 5) is 24.7. The molecule has 0 saturated heterocycles. The number of benzene rings is 3. The van der Waals surface area contributed by atoms with Crippen LogP contribution in [0.15, 0.2) is 54.6 Å². The molecule has 4 rings (SSSR count). The number of carbonyl (C=O) groups excluding carboxylic acids is 2. The molecule has 2 heteroatoms. The summed E-state index contributed by atoms with van der Waals surface area (Å²) in [5.41, 5.74) is 3.99. The van der Waals surface area contributed by atoms with E-state index < -0.39 is 5.78 Å². The van der Waals surface area contributed by atoms with Gasteiger partial charge in [0.15, 0.2) is 0 Å². The van der Waals surface area contributed by atoms with Gasteiger partial charge in [0.25, 0.3) is 0 Å². The molecule has 3 aromatic rings. The van der Waals surface area contributed by atoms with Gasteiger partial charge in [-0.3, -0.25) is 9.59 Å². The molecule has 21 heavy (non-hydrogen) atoms. The van der Waals surface area contributed by atoms with Gasteiger partial charge in [0, 0.05) is 16.5 Å². The third-order valence-electron chi connectivity index (χ3n) is 4.13. The number of hydrogen-bond donors (Lipinski definition) is 0. The number of hydrogen-bond acceptors (Lipinski definition) is 2. The van der Waals surface area contributed by atoms with Crippen LogP contribution < -0.4 is 0 Å². The molecular weight excluding hydrogens is 260 g/mol. The summed E-state index contributed by atoms with van der Waals surface area (Å²) in [5.74, 6) is -0.779. The highest BCUT2D eigenvalue weighted by molar-refractivity contribution is 6.58. The van der Waals surface area contributed by atoms with E-state index in [0.29, 0.717) is 11.1 Å². The van der Waals surface area contributed by atoms with Crippen molar-refractivity contribution in [3.63, 3.8) is 0 Å². The third-order valence-corrected chi connectivity index (χ3v) is 4.13. The Labute approximate surface area is 122 Å². The highest BCUT2D eigenvalue weighted by Crippen LogP contribution is 2.39. The summed E-state index contributed by atoms with van der Waals surface area (Å²) in [6.45, 7) is 2.02. The van der Waals surface area contributed by atoms with Crippen molar-refractivity contribution in [2.24, 2.45) is 0 Å². The zero-order chi connectivity index (χ0) is 14.6. The molecule has 1 aliphatic carbocycles. The Hall–Kier alpha value is -2.74. The van der Waals surface area contributed by atoms with Gasteiger partial charge in [-0.05, 0) is 29.0 Å². The first-order valence-electron chi connectivity index (χ1n) is 6.89. The second kappa shape index (κ2) is 4.13. The van der Waals surface area contributed by atoms with Crippen LogP contribution in [0.25, 0.3) is 21.9 Å². The van der Waals surface area contributed by atoms with Crippen LogP contribution >= 0.6 is 0 Å². The van der Waals surface area contributed by atoms with E-state index in [1.54, 1.807) is 6.07 Å². The normalized spacial score (nSPS) is 13.2. The summed E-state index contributed by atoms with van der Waals surface area (Å²) in [6.07, 6.45) is 0. The molecule has 0 heterocycles. The van der Waals surface area contributed by atoms with E-state index in [0.717, 1.165) is 27.5 Å². The SMILES string of the molecule is Cc1cc(-c2ccccc2)c2c3c(cccc13)C(=O)C2=O. The summed E-state index contributed by atoms with van der Waals surface area (Å²) < 4.78 is 0. The molecule has 0 aliphatic heterocycles. The molecule has 0 amide bonds. The van der Waals surface area contributed by atoms with E-state index in [2.05, 4.69) is 0 Å². The van der Waals surface area contributed by atoms with Crippen molar-refractivity contribution >= 4 is 22.3 Å². The minimum Gasteiger partial charge on any atom is -0.285 e. The average Bonchev–Trinajstić information content (AvgIpc) is 2.78. The molecule has 0 radical (unpaired) electrons. The van der Waals surface area contributed by atoms with Gasteiger partial charge in [0.1, 0.15) is 0 Å². The second-order valence-electron chi connectivity index (χ2n) is 5.37. The van der Waals surface area contributed by atoms with E-state index in [1.807, 2.05) is 55.5 Å². The molecule has 0 bridgehead atoms. The third kappa shape index (κ3) is 1.53. The molecule has 0 spiro atoms. The smallest absolute Gasteiger partial charge is 0.234 e. The molecule has 1 aliphatic rings. The molecule has 0 atom stereocenters. The molecule has 0 fully saturated rings.